The summed E-state index contributed by atoms with van der Waals surface area (Å²) in [6.45, 7) is 5.44. The molecule has 5 aliphatic rings. The molecule has 3 aliphatic heterocycles. The number of hydrogen-bond donors (Lipinski definition) is 8. The second-order valence-electron chi connectivity index (χ2n) is 12.0. The molecule has 45 heavy (non-hydrogen) atoms. The number of aliphatic carboxylic acids is 2. The number of benzene rings is 2. The number of fused-ring (bicyclic) bond motifs is 1. The Morgan fingerprint density at radius 3 is 2.44 bits per heavy atom. The quantitative estimate of drug-likeness (QED) is 0.150. The van der Waals surface area contributed by atoms with Crippen LogP contribution in [0.25, 0.3) is 0 Å². The minimum absolute atomic E-state index is 0.0565. The number of hydrogen-bond acceptors (Lipinski definition) is 11. The first-order valence-corrected chi connectivity index (χ1v) is 14.5. The number of aliphatic hydroxyl groups excluding tert-OH is 2. The van der Waals surface area contributed by atoms with Crippen LogP contribution < -0.4 is 15.4 Å². The SMILES string of the molecule is C=CCN1CC[C@]23c4c5ccc(O)c4O[C@H]2[C@H](Nc2ccc4c(c2)C(=O)NC4=O)CCC3(O)[C@H]1C5.O=C(O)C(O)C(O)C(=O)O. The Hall–Kier alpha value is -4.50. The van der Waals surface area contributed by atoms with Crippen LogP contribution >= 0.6 is 0 Å². The van der Waals surface area contributed by atoms with Crippen molar-refractivity contribution in [2.75, 3.05) is 18.4 Å². The van der Waals surface area contributed by atoms with Gasteiger partial charge in [-0.05, 0) is 62.1 Å². The number of nitrogens with zero attached hydrogens (tertiary/aromatic N) is 1. The molecular weight excluding hydrogens is 590 g/mol. The fourth-order valence-corrected chi connectivity index (χ4v) is 7.90. The van der Waals surface area contributed by atoms with Crippen molar-refractivity contribution in [3.63, 3.8) is 0 Å². The molecule has 14 heteroatoms. The van der Waals surface area contributed by atoms with Crippen molar-refractivity contribution in [1.29, 1.82) is 0 Å². The van der Waals surface area contributed by atoms with E-state index < -0.39 is 41.1 Å². The minimum atomic E-state index is -2.27. The molecule has 2 aliphatic carbocycles. The Balaban J connectivity index is 0.000000311. The number of anilines is 1. The highest BCUT2D eigenvalue weighted by Gasteiger charge is 2.72. The third kappa shape index (κ3) is 4.47. The van der Waals surface area contributed by atoms with E-state index in [2.05, 4.69) is 22.1 Å². The molecule has 0 aromatic heterocycles. The van der Waals surface area contributed by atoms with Crippen molar-refractivity contribution >= 4 is 29.4 Å². The van der Waals surface area contributed by atoms with Crippen molar-refractivity contribution in [3.8, 4) is 11.5 Å². The van der Waals surface area contributed by atoms with Gasteiger partial charge in [0.25, 0.3) is 11.8 Å². The summed E-state index contributed by atoms with van der Waals surface area (Å²) in [6, 6.07) is 8.62. The number of imide groups is 1. The molecule has 0 radical (unpaired) electrons. The zero-order chi connectivity index (χ0) is 32.4. The second-order valence-corrected chi connectivity index (χ2v) is 12.0. The number of aromatic hydroxyl groups is 1. The van der Waals surface area contributed by atoms with E-state index in [9.17, 15) is 29.4 Å². The molecule has 2 aromatic rings. The van der Waals surface area contributed by atoms with Gasteiger partial charge in [-0.15, -0.1) is 6.58 Å². The predicted octanol–water partition coefficient (Wildman–Crippen LogP) is -0.0260. The topological polar surface area (TPSA) is 226 Å². The highest BCUT2D eigenvalue weighted by atomic mass is 16.5. The Bertz CT molecular complexity index is 1610. The maximum Gasteiger partial charge on any atom is 0.335 e. The summed E-state index contributed by atoms with van der Waals surface area (Å²) in [4.78, 5) is 46.0. The first-order valence-electron chi connectivity index (χ1n) is 14.5. The van der Waals surface area contributed by atoms with Crippen LogP contribution in [0.3, 0.4) is 0 Å². The number of carbonyl (C=O) groups excluding carboxylic acids is 2. The standard InChI is InChI=1S/C27H27N3O5.C4H6O6/c1-2-10-30-11-9-26-21-14-3-6-19(31)22(21)35-23(26)18(7-8-27(26,34)20(30)12-14)28-15-4-5-16-17(13-15)25(33)29-24(16)32;5-1(3(7)8)2(6)4(9)10/h2-6,13,18,20,23,28,31,34H,1,7-12H2,(H,29,32,33);1-2,5-6H,(H,7,8)(H,9,10)/t18-,20-,23+,26+,27?;/m1./s1. The van der Waals surface area contributed by atoms with Crippen LogP contribution in [0.4, 0.5) is 5.69 Å². The lowest BCUT2D eigenvalue weighted by atomic mass is 9.48. The molecule has 238 valence electrons. The molecular formula is C31H33N3O11. The zero-order valence-electron chi connectivity index (χ0n) is 24.0. The number of aliphatic hydroxyl groups is 3. The number of likely N-dealkylation sites (tertiary alicyclic amines) is 1. The molecule has 2 aromatic carbocycles. The number of phenols is 1. The van der Waals surface area contributed by atoms with Crippen LogP contribution in [0.1, 0.15) is 51.1 Å². The molecule has 2 bridgehead atoms. The second kappa shape index (κ2) is 10.8. The van der Waals surface area contributed by atoms with Crippen LogP contribution in [0.5, 0.6) is 11.5 Å². The molecule has 8 N–H and O–H groups in total. The monoisotopic (exact) mass is 623 g/mol. The fourth-order valence-electron chi connectivity index (χ4n) is 7.90. The molecule has 3 heterocycles. The van der Waals surface area contributed by atoms with E-state index in [4.69, 9.17) is 25.2 Å². The van der Waals surface area contributed by atoms with Gasteiger partial charge in [0, 0.05) is 23.8 Å². The molecule has 2 fully saturated rings. The van der Waals surface area contributed by atoms with Gasteiger partial charge in [-0.1, -0.05) is 12.1 Å². The first kappa shape index (κ1) is 30.5. The number of phenolic OH excluding ortho intramolecular Hbond substituents is 1. The summed E-state index contributed by atoms with van der Waals surface area (Å²) >= 11 is 0. The van der Waals surface area contributed by atoms with Gasteiger partial charge in [0.2, 0.25) is 0 Å². The number of rotatable bonds is 7. The first-order chi connectivity index (χ1) is 21.3. The average molecular weight is 624 g/mol. The maximum atomic E-state index is 12.4. The molecule has 7 rings (SSSR count). The lowest BCUT2D eigenvalue weighted by Crippen LogP contribution is -2.77. The maximum absolute atomic E-state index is 12.4. The number of nitrogens with one attached hydrogen (secondary N) is 2. The molecule has 1 spiro atoms. The summed E-state index contributed by atoms with van der Waals surface area (Å²) in [5.41, 5.74) is 1.91. The number of ether oxygens (including phenoxy) is 1. The van der Waals surface area contributed by atoms with Gasteiger partial charge < -0.3 is 40.7 Å². The molecule has 1 saturated heterocycles. The third-order valence-electron chi connectivity index (χ3n) is 9.83. The van der Waals surface area contributed by atoms with Gasteiger partial charge >= 0.3 is 11.9 Å². The lowest BCUT2D eigenvalue weighted by Gasteiger charge is -2.64. The minimum Gasteiger partial charge on any atom is -0.504 e. The molecule has 7 atom stereocenters. The van der Waals surface area contributed by atoms with E-state index in [1.807, 2.05) is 12.1 Å². The Morgan fingerprint density at radius 1 is 1.09 bits per heavy atom. The molecule has 3 unspecified atom stereocenters. The lowest BCUT2D eigenvalue weighted by molar-refractivity contribution is -0.185. The Morgan fingerprint density at radius 2 is 1.78 bits per heavy atom. The van der Waals surface area contributed by atoms with Gasteiger partial charge in [-0.2, -0.15) is 0 Å². The Labute approximate surface area is 256 Å². The fraction of sp³-hybridized carbons (Fsp3) is 0.419. The van der Waals surface area contributed by atoms with Crippen LogP contribution in [0.2, 0.25) is 0 Å². The van der Waals surface area contributed by atoms with Gasteiger partial charge in [0.05, 0.1) is 28.2 Å². The summed E-state index contributed by atoms with van der Waals surface area (Å²) < 4.78 is 6.54. The highest BCUT2D eigenvalue weighted by Crippen LogP contribution is 2.65. The molecule has 14 nitrogen and oxygen atoms in total. The van der Waals surface area contributed by atoms with Crippen LogP contribution in [0, 0.1) is 0 Å². The summed E-state index contributed by atoms with van der Waals surface area (Å²) in [6.07, 6.45) is -0.368. The van der Waals surface area contributed by atoms with E-state index in [-0.39, 0.29) is 29.8 Å². The van der Waals surface area contributed by atoms with E-state index >= 15 is 0 Å². The van der Waals surface area contributed by atoms with Crippen molar-refractivity contribution in [1.82, 2.24) is 10.2 Å². The van der Waals surface area contributed by atoms with Gasteiger partial charge in [0.1, 0.15) is 6.10 Å². The van der Waals surface area contributed by atoms with Crippen molar-refractivity contribution in [2.45, 2.75) is 67.1 Å². The van der Waals surface area contributed by atoms with Crippen LogP contribution in [0.15, 0.2) is 43.0 Å². The van der Waals surface area contributed by atoms with Crippen molar-refractivity contribution in [3.05, 3.63) is 65.2 Å². The number of piperidine rings is 1. The van der Waals surface area contributed by atoms with Crippen molar-refractivity contribution < 1.29 is 54.6 Å². The number of carboxylic acid groups (broad SMARTS) is 2. The molecule has 2 amide bonds. The van der Waals surface area contributed by atoms with E-state index in [1.165, 1.54) is 0 Å². The van der Waals surface area contributed by atoms with Crippen LogP contribution in [-0.2, 0) is 21.4 Å². The summed E-state index contributed by atoms with van der Waals surface area (Å²) in [5, 5.41) is 61.6. The highest BCUT2D eigenvalue weighted by molar-refractivity contribution is 6.21. The number of carbonyl (C=O) groups is 4. The number of carboxylic acids is 2. The normalized spacial score (nSPS) is 30.0. The van der Waals surface area contributed by atoms with E-state index in [0.29, 0.717) is 49.1 Å². The third-order valence-corrected chi connectivity index (χ3v) is 9.83. The number of amides is 2. The van der Waals surface area contributed by atoms with Gasteiger partial charge in [-0.3, -0.25) is 19.8 Å². The van der Waals surface area contributed by atoms with Gasteiger partial charge in [0.15, 0.2) is 23.7 Å². The predicted molar refractivity (Wildman–Crippen MR) is 155 cm³/mol. The van der Waals surface area contributed by atoms with Crippen molar-refractivity contribution in [2.24, 2.45) is 0 Å². The average Bonchev–Trinajstić information content (AvgIpc) is 3.50. The zero-order valence-corrected chi connectivity index (χ0v) is 24.0. The summed E-state index contributed by atoms with van der Waals surface area (Å²) in [5.74, 6) is -3.71. The van der Waals surface area contributed by atoms with E-state index in [0.717, 1.165) is 23.4 Å². The van der Waals surface area contributed by atoms with Crippen LogP contribution in [-0.4, -0.2) is 108 Å². The smallest absolute Gasteiger partial charge is 0.335 e. The van der Waals surface area contributed by atoms with E-state index in [1.54, 1.807) is 24.3 Å². The summed E-state index contributed by atoms with van der Waals surface area (Å²) in [7, 11) is 0. The molecule has 1 saturated carbocycles. The largest absolute Gasteiger partial charge is 0.504 e. The Kier molecular flexibility index (Phi) is 7.35. The van der Waals surface area contributed by atoms with Gasteiger partial charge in [-0.25, -0.2) is 9.59 Å².